The first kappa shape index (κ1) is 23.3. The van der Waals surface area contributed by atoms with Crippen LogP contribution in [-0.4, -0.2) is 39.6 Å². The van der Waals surface area contributed by atoms with E-state index in [0.29, 0.717) is 17.9 Å². The largest absolute Gasteiger partial charge is 0.329 e. The molecule has 1 heterocycles. The van der Waals surface area contributed by atoms with Crippen LogP contribution >= 0.6 is 0 Å². The average molecular weight is 433 g/mol. The molecule has 2 amide bonds. The molecule has 0 unspecified atom stereocenters. The van der Waals surface area contributed by atoms with E-state index in [0.717, 1.165) is 23.4 Å². The van der Waals surface area contributed by atoms with Crippen molar-refractivity contribution in [1.82, 2.24) is 14.7 Å². The number of hydrogen-bond acceptors (Lipinski definition) is 3. The second-order valence-electron chi connectivity index (χ2n) is 9.05. The number of nitrogens with zero attached hydrogens (tertiary/aromatic N) is 3. The zero-order valence-electron chi connectivity index (χ0n) is 19.6. The van der Waals surface area contributed by atoms with Crippen LogP contribution in [0.2, 0.25) is 0 Å². The maximum Gasteiger partial charge on any atom is 0.254 e. The van der Waals surface area contributed by atoms with Crippen LogP contribution in [0, 0.1) is 6.92 Å². The molecule has 0 aliphatic rings. The van der Waals surface area contributed by atoms with Gasteiger partial charge in [0, 0.05) is 23.6 Å². The molecule has 3 aromatic rings. The van der Waals surface area contributed by atoms with Gasteiger partial charge in [-0.3, -0.25) is 9.59 Å². The monoisotopic (exact) mass is 432 g/mol. The number of hydrogen-bond donors (Lipinski definition) is 1. The number of para-hydroxylation sites is 1. The summed E-state index contributed by atoms with van der Waals surface area (Å²) >= 11 is 0. The number of aryl methyl sites for hydroxylation is 1. The van der Waals surface area contributed by atoms with Crippen LogP contribution in [0.15, 0.2) is 60.7 Å². The molecule has 0 saturated carbocycles. The lowest BCUT2D eigenvalue weighted by Gasteiger charge is -2.22. The number of carbonyl (C=O) groups excluding carboxylic acids is 2. The van der Waals surface area contributed by atoms with Crippen LogP contribution in [0.3, 0.4) is 0 Å². The van der Waals surface area contributed by atoms with E-state index in [1.54, 1.807) is 21.7 Å². The molecular formula is C26H32N4O2. The van der Waals surface area contributed by atoms with Crippen LogP contribution < -0.4 is 5.32 Å². The Bertz CT molecular complexity index is 1060. The highest BCUT2D eigenvalue weighted by atomic mass is 16.2. The predicted molar refractivity (Wildman–Crippen MR) is 128 cm³/mol. The lowest BCUT2D eigenvalue weighted by atomic mass is 9.92. The average Bonchev–Trinajstić information content (AvgIpc) is 3.18. The number of nitrogens with one attached hydrogen (secondary N) is 1. The van der Waals surface area contributed by atoms with E-state index in [-0.39, 0.29) is 23.8 Å². The molecule has 0 aliphatic carbocycles. The lowest BCUT2D eigenvalue weighted by molar-refractivity contribution is -0.116. The number of aromatic nitrogens is 2. The normalized spacial score (nSPS) is 11.3. The summed E-state index contributed by atoms with van der Waals surface area (Å²) in [5.41, 5.74) is 3.23. The number of anilines is 1. The van der Waals surface area contributed by atoms with E-state index in [9.17, 15) is 9.59 Å². The Morgan fingerprint density at radius 3 is 2.28 bits per heavy atom. The molecule has 168 valence electrons. The van der Waals surface area contributed by atoms with Gasteiger partial charge in [-0.2, -0.15) is 5.10 Å². The fourth-order valence-electron chi connectivity index (χ4n) is 3.36. The zero-order valence-corrected chi connectivity index (χ0v) is 19.6. The van der Waals surface area contributed by atoms with Crippen molar-refractivity contribution in [3.8, 4) is 5.69 Å². The minimum Gasteiger partial charge on any atom is -0.329 e. The Morgan fingerprint density at radius 2 is 1.69 bits per heavy atom. The molecule has 0 saturated heterocycles. The third kappa shape index (κ3) is 5.63. The first-order chi connectivity index (χ1) is 15.2. The van der Waals surface area contributed by atoms with E-state index in [4.69, 9.17) is 5.10 Å². The summed E-state index contributed by atoms with van der Waals surface area (Å²) < 4.78 is 1.74. The first-order valence-corrected chi connectivity index (χ1v) is 11.0. The van der Waals surface area contributed by atoms with Gasteiger partial charge in [0.2, 0.25) is 5.91 Å². The minimum absolute atomic E-state index is 0.0224. The molecular weight excluding hydrogens is 400 g/mol. The molecule has 0 atom stereocenters. The molecule has 3 rings (SSSR count). The van der Waals surface area contributed by atoms with Gasteiger partial charge in [0.05, 0.1) is 11.4 Å². The Kier molecular flexibility index (Phi) is 7.13. The molecule has 0 fully saturated rings. The SMILES string of the molecule is CCCN(CC(=O)Nc1cc(C(C)(C)C)nn1-c1ccccc1)C(=O)c1ccc(C)cc1. The molecule has 0 aliphatic heterocycles. The van der Waals surface area contributed by atoms with Crippen molar-refractivity contribution in [3.63, 3.8) is 0 Å². The van der Waals surface area contributed by atoms with Crippen LogP contribution in [0.4, 0.5) is 5.82 Å². The summed E-state index contributed by atoms with van der Waals surface area (Å²) in [4.78, 5) is 27.6. The van der Waals surface area contributed by atoms with Gasteiger partial charge in [-0.25, -0.2) is 4.68 Å². The molecule has 32 heavy (non-hydrogen) atoms. The van der Waals surface area contributed by atoms with Gasteiger partial charge in [-0.15, -0.1) is 0 Å². The Labute approximate surface area is 190 Å². The minimum atomic E-state index is -0.253. The highest BCUT2D eigenvalue weighted by Gasteiger charge is 2.23. The standard InChI is InChI=1S/C26H32N4O2/c1-6-16-29(25(32)20-14-12-19(2)13-15-20)18-24(31)27-23-17-22(26(3,4)5)28-30(23)21-10-8-7-9-11-21/h7-15,17H,6,16,18H2,1-5H3,(H,27,31). The maximum absolute atomic E-state index is 13.0. The highest BCUT2D eigenvalue weighted by Crippen LogP contribution is 2.26. The van der Waals surface area contributed by atoms with E-state index >= 15 is 0 Å². The second-order valence-corrected chi connectivity index (χ2v) is 9.05. The van der Waals surface area contributed by atoms with Crippen LogP contribution in [0.5, 0.6) is 0 Å². The van der Waals surface area contributed by atoms with Crippen LogP contribution in [0.25, 0.3) is 5.69 Å². The van der Waals surface area contributed by atoms with E-state index < -0.39 is 0 Å². The summed E-state index contributed by atoms with van der Waals surface area (Å²) in [5.74, 6) is 0.191. The molecule has 6 nitrogen and oxygen atoms in total. The van der Waals surface area contributed by atoms with Gasteiger partial charge in [0.1, 0.15) is 12.4 Å². The van der Waals surface area contributed by atoms with Crippen molar-refractivity contribution in [2.45, 2.75) is 46.5 Å². The third-order valence-electron chi connectivity index (χ3n) is 5.16. The molecule has 0 bridgehead atoms. The number of amides is 2. The van der Waals surface area contributed by atoms with Crippen molar-refractivity contribution in [3.05, 3.63) is 77.5 Å². The van der Waals surface area contributed by atoms with Gasteiger partial charge < -0.3 is 10.2 Å². The van der Waals surface area contributed by atoms with Crippen molar-refractivity contribution in [1.29, 1.82) is 0 Å². The third-order valence-corrected chi connectivity index (χ3v) is 5.16. The number of rotatable bonds is 7. The second kappa shape index (κ2) is 9.81. The molecule has 0 radical (unpaired) electrons. The maximum atomic E-state index is 13.0. The first-order valence-electron chi connectivity index (χ1n) is 11.0. The molecule has 0 spiro atoms. The lowest BCUT2D eigenvalue weighted by Crippen LogP contribution is -2.38. The molecule has 6 heteroatoms. The summed E-state index contributed by atoms with van der Waals surface area (Å²) in [7, 11) is 0. The van der Waals surface area contributed by atoms with Gasteiger partial charge in [-0.1, -0.05) is 63.6 Å². The Hall–Kier alpha value is -3.41. The van der Waals surface area contributed by atoms with Gasteiger partial charge in [0.25, 0.3) is 5.91 Å². The van der Waals surface area contributed by atoms with Gasteiger partial charge in [-0.05, 0) is 37.6 Å². The van der Waals surface area contributed by atoms with Crippen LogP contribution in [-0.2, 0) is 10.2 Å². The van der Waals surface area contributed by atoms with Gasteiger partial charge >= 0.3 is 0 Å². The Balaban J connectivity index is 1.82. The van der Waals surface area contributed by atoms with E-state index in [1.807, 2.05) is 62.4 Å². The topological polar surface area (TPSA) is 67.2 Å². The summed E-state index contributed by atoms with van der Waals surface area (Å²) in [6.07, 6.45) is 0.765. The Morgan fingerprint density at radius 1 is 1.03 bits per heavy atom. The van der Waals surface area contributed by atoms with Crippen molar-refractivity contribution in [2.75, 3.05) is 18.4 Å². The van der Waals surface area contributed by atoms with Crippen molar-refractivity contribution < 1.29 is 9.59 Å². The summed E-state index contributed by atoms with van der Waals surface area (Å²) in [5, 5.41) is 7.71. The van der Waals surface area contributed by atoms with E-state index in [1.165, 1.54) is 0 Å². The fraction of sp³-hybridized carbons (Fsp3) is 0.346. The highest BCUT2D eigenvalue weighted by molar-refractivity contribution is 5.99. The predicted octanol–water partition coefficient (Wildman–Crippen LogP) is 4.97. The van der Waals surface area contributed by atoms with E-state index in [2.05, 4.69) is 26.1 Å². The quantitative estimate of drug-likeness (QED) is 0.573. The molecule has 2 aromatic carbocycles. The number of benzene rings is 2. The van der Waals surface area contributed by atoms with Crippen molar-refractivity contribution in [2.24, 2.45) is 0 Å². The summed E-state index contributed by atoms with van der Waals surface area (Å²) in [6.45, 7) is 10.7. The number of carbonyl (C=O) groups is 2. The van der Waals surface area contributed by atoms with Gasteiger partial charge in [0.15, 0.2) is 0 Å². The van der Waals surface area contributed by atoms with Crippen molar-refractivity contribution >= 4 is 17.6 Å². The molecule has 1 N–H and O–H groups in total. The van der Waals surface area contributed by atoms with Crippen LogP contribution in [0.1, 0.15) is 55.7 Å². The molecule has 1 aromatic heterocycles. The zero-order chi connectivity index (χ0) is 23.3. The fourth-order valence-corrected chi connectivity index (χ4v) is 3.36. The summed E-state index contributed by atoms with van der Waals surface area (Å²) in [6, 6.07) is 19.0. The smallest absolute Gasteiger partial charge is 0.254 e.